The van der Waals surface area contributed by atoms with E-state index >= 15 is 0 Å². The summed E-state index contributed by atoms with van der Waals surface area (Å²) in [5.74, 6) is 0.192. The van der Waals surface area contributed by atoms with E-state index in [0.717, 1.165) is 37.1 Å². The maximum Gasteiger partial charge on any atom is 0.191 e. The van der Waals surface area contributed by atoms with Crippen molar-refractivity contribution in [3.05, 3.63) is 29.5 Å². The summed E-state index contributed by atoms with van der Waals surface area (Å²) in [6.45, 7) is 3.84. The molecule has 0 saturated carbocycles. The summed E-state index contributed by atoms with van der Waals surface area (Å²) in [5.41, 5.74) is 2.11. The van der Waals surface area contributed by atoms with Crippen LogP contribution in [-0.2, 0) is 0 Å². The zero-order valence-corrected chi connectivity index (χ0v) is 9.78. The molecule has 90 valence electrons. The Kier molecular flexibility index (Phi) is 2.55. The molecule has 0 amide bonds. The fourth-order valence-electron chi connectivity index (χ4n) is 2.57. The highest BCUT2D eigenvalue weighted by Gasteiger charge is 2.21. The lowest BCUT2D eigenvalue weighted by atomic mass is 9.88. The first-order valence-corrected chi connectivity index (χ1v) is 5.96. The van der Waals surface area contributed by atoms with Gasteiger partial charge in [0.25, 0.3) is 0 Å². The van der Waals surface area contributed by atoms with E-state index in [1.54, 1.807) is 4.52 Å². The summed E-state index contributed by atoms with van der Waals surface area (Å²) in [7, 11) is 0. The van der Waals surface area contributed by atoms with Crippen molar-refractivity contribution in [1.82, 2.24) is 19.9 Å². The fourth-order valence-corrected chi connectivity index (χ4v) is 2.57. The average molecular weight is 234 g/mol. The molecule has 0 atom stereocenters. The number of pyridine rings is 1. The Hall–Kier alpha value is -1.49. The van der Waals surface area contributed by atoms with E-state index in [2.05, 4.69) is 15.4 Å². The monoisotopic (exact) mass is 234 g/mol. The Labute approximate surface area is 98.9 Å². The topological polar surface area (TPSA) is 42.2 Å². The van der Waals surface area contributed by atoms with Crippen molar-refractivity contribution in [2.24, 2.45) is 0 Å². The highest BCUT2D eigenvalue weighted by atomic mass is 19.1. The quantitative estimate of drug-likeness (QED) is 0.815. The van der Waals surface area contributed by atoms with Gasteiger partial charge in [-0.2, -0.15) is 5.10 Å². The number of piperidine rings is 1. The molecule has 1 aliphatic rings. The maximum absolute atomic E-state index is 14.1. The molecule has 0 aliphatic carbocycles. The molecule has 1 N–H and O–H groups in total. The van der Waals surface area contributed by atoms with Gasteiger partial charge < -0.3 is 5.32 Å². The third kappa shape index (κ3) is 1.70. The van der Waals surface area contributed by atoms with Crippen LogP contribution in [0.1, 0.15) is 29.9 Å². The highest BCUT2D eigenvalue weighted by Crippen LogP contribution is 2.29. The second-order valence-corrected chi connectivity index (χ2v) is 4.58. The Balaban J connectivity index is 2.11. The van der Waals surface area contributed by atoms with Crippen LogP contribution in [0.2, 0.25) is 0 Å². The normalized spacial score (nSPS) is 17.8. The highest BCUT2D eigenvalue weighted by molar-refractivity contribution is 5.45. The second-order valence-electron chi connectivity index (χ2n) is 4.58. The van der Waals surface area contributed by atoms with E-state index in [-0.39, 0.29) is 5.82 Å². The lowest BCUT2D eigenvalue weighted by Gasteiger charge is -2.24. The Bertz CT molecular complexity index is 543. The van der Waals surface area contributed by atoms with Crippen LogP contribution in [0, 0.1) is 12.7 Å². The molecule has 2 aromatic rings. The molecule has 0 aromatic carbocycles. The average Bonchev–Trinajstić information content (AvgIpc) is 2.83. The van der Waals surface area contributed by atoms with Crippen molar-refractivity contribution in [2.75, 3.05) is 13.1 Å². The largest absolute Gasteiger partial charge is 0.317 e. The van der Waals surface area contributed by atoms with Crippen LogP contribution in [0.5, 0.6) is 0 Å². The van der Waals surface area contributed by atoms with Crippen molar-refractivity contribution in [3.63, 3.8) is 0 Å². The molecule has 3 heterocycles. The van der Waals surface area contributed by atoms with Gasteiger partial charge in [-0.1, -0.05) is 0 Å². The number of nitrogens with one attached hydrogen (secondary N) is 1. The van der Waals surface area contributed by atoms with Gasteiger partial charge in [0.05, 0.1) is 0 Å². The molecule has 0 radical (unpaired) electrons. The van der Waals surface area contributed by atoms with Crippen molar-refractivity contribution in [1.29, 1.82) is 0 Å². The first-order valence-electron chi connectivity index (χ1n) is 5.96. The van der Waals surface area contributed by atoms with Crippen LogP contribution in [0.3, 0.4) is 0 Å². The summed E-state index contributed by atoms with van der Waals surface area (Å²) in [4.78, 5) is 3.93. The van der Waals surface area contributed by atoms with Crippen LogP contribution in [0.4, 0.5) is 4.39 Å². The SMILES string of the molecule is Cc1c(C2CCNCC2)cn2ncnc2c1F. The predicted octanol–water partition coefficient (Wildman–Crippen LogP) is 1.64. The minimum absolute atomic E-state index is 0.237. The summed E-state index contributed by atoms with van der Waals surface area (Å²) in [6, 6.07) is 0. The van der Waals surface area contributed by atoms with Gasteiger partial charge in [-0.05, 0) is 49.9 Å². The van der Waals surface area contributed by atoms with Gasteiger partial charge in [0.2, 0.25) is 0 Å². The summed E-state index contributed by atoms with van der Waals surface area (Å²) in [5, 5.41) is 7.35. The van der Waals surface area contributed by atoms with Gasteiger partial charge in [-0.15, -0.1) is 0 Å². The number of fused-ring (bicyclic) bond motifs is 1. The van der Waals surface area contributed by atoms with Gasteiger partial charge in [-0.3, -0.25) is 0 Å². The summed E-state index contributed by atoms with van der Waals surface area (Å²) in [6.07, 6.45) is 5.43. The number of rotatable bonds is 1. The van der Waals surface area contributed by atoms with E-state index in [1.165, 1.54) is 6.33 Å². The fraction of sp³-hybridized carbons (Fsp3) is 0.500. The summed E-state index contributed by atoms with van der Waals surface area (Å²) >= 11 is 0. The van der Waals surface area contributed by atoms with Gasteiger partial charge in [0.15, 0.2) is 11.5 Å². The second kappa shape index (κ2) is 4.07. The number of hydrogen-bond acceptors (Lipinski definition) is 3. The zero-order valence-electron chi connectivity index (χ0n) is 9.78. The van der Waals surface area contributed by atoms with Gasteiger partial charge >= 0.3 is 0 Å². The third-order valence-electron chi connectivity index (χ3n) is 3.57. The molecule has 1 saturated heterocycles. The Morgan fingerprint density at radius 1 is 1.41 bits per heavy atom. The number of aromatic nitrogens is 3. The van der Waals surface area contributed by atoms with Crippen LogP contribution in [0.25, 0.3) is 5.65 Å². The molecule has 4 nitrogen and oxygen atoms in total. The molecule has 0 unspecified atom stereocenters. The number of nitrogens with zero attached hydrogens (tertiary/aromatic N) is 3. The Morgan fingerprint density at radius 2 is 2.18 bits per heavy atom. The molecular weight excluding hydrogens is 219 g/mol. The van der Waals surface area contributed by atoms with Crippen LogP contribution >= 0.6 is 0 Å². The van der Waals surface area contributed by atoms with E-state index in [0.29, 0.717) is 11.6 Å². The maximum atomic E-state index is 14.1. The van der Waals surface area contributed by atoms with Gasteiger partial charge in [-0.25, -0.2) is 13.9 Å². The van der Waals surface area contributed by atoms with E-state index in [9.17, 15) is 4.39 Å². The number of hydrogen-bond donors (Lipinski definition) is 1. The van der Waals surface area contributed by atoms with Crippen molar-refractivity contribution >= 4 is 5.65 Å². The molecule has 1 aliphatic heterocycles. The van der Waals surface area contributed by atoms with E-state index < -0.39 is 0 Å². The van der Waals surface area contributed by atoms with Crippen LogP contribution in [-0.4, -0.2) is 27.7 Å². The number of halogens is 1. The first-order chi connectivity index (χ1) is 8.27. The molecule has 2 aromatic heterocycles. The summed E-state index contributed by atoms with van der Waals surface area (Å²) < 4.78 is 15.6. The van der Waals surface area contributed by atoms with Crippen LogP contribution < -0.4 is 5.32 Å². The first kappa shape index (κ1) is 10.7. The standard InChI is InChI=1S/C12H15FN4/c1-8-10(9-2-4-14-5-3-9)6-17-12(11(8)13)15-7-16-17/h6-7,9,14H,2-5H2,1H3. The lowest BCUT2D eigenvalue weighted by Crippen LogP contribution is -2.27. The van der Waals surface area contributed by atoms with Gasteiger partial charge in [0, 0.05) is 6.20 Å². The Morgan fingerprint density at radius 3 is 2.94 bits per heavy atom. The molecular formula is C12H15FN4. The zero-order chi connectivity index (χ0) is 11.8. The van der Waals surface area contributed by atoms with Crippen molar-refractivity contribution in [2.45, 2.75) is 25.7 Å². The lowest BCUT2D eigenvalue weighted by molar-refractivity contribution is 0.455. The predicted molar refractivity (Wildman–Crippen MR) is 62.5 cm³/mol. The molecule has 0 bridgehead atoms. The third-order valence-corrected chi connectivity index (χ3v) is 3.57. The molecule has 3 rings (SSSR count). The molecule has 1 fully saturated rings. The smallest absolute Gasteiger partial charge is 0.191 e. The minimum atomic E-state index is -0.237. The molecule has 0 spiro atoms. The van der Waals surface area contributed by atoms with Gasteiger partial charge in [0.1, 0.15) is 6.33 Å². The molecule has 5 heteroatoms. The van der Waals surface area contributed by atoms with Crippen molar-refractivity contribution in [3.8, 4) is 0 Å². The molecule has 17 heavy (non-hydrogen) atoms. The minimum Gasteiger partial charge on any atom is -0.317 e. The van der Waals surface area contributed by atoms with Crippen molar-refractivity contribution < 1.29 is 4.39 Å². The van der Waals surface area contributed by atoms with Crippen LogP contribution in [0.15, 0.2) is 12.5 Å². The van der Waals surface area contributed by atoms with E-state index in [1.807, 2.05) is 13.1 Å². The van der Waals surface area contributed by atoms with E-state index in [4.69, 9.17) is 0 Å².